The molecule has 1 aromatic heterocycles. The van der Waals surface area contributed by atoms with E-state index in [2.05, 4.69) is 57.2 Å². The first-order valence-corrected chi connectivity index (χ1v) is 11.5. The van der Waals surface area contributed by atoms with E-state index in [4.69, 9.17) is 0 Å². The van der Waals surface area contributed by atoms with E-state index in [1.807, 2.05) is 18.2 Å². The number of aromatic nitrogens is 2. The van der Waals surface area contributed by atoms with Crippen LogP contribution in [0, 0.1) is 0 Å². The number of hydrogen-bond donors (Lipinski definition) is 3. The van der Waals surface area contributed by atoms with Crippen LogP contribution in [0.4, 0.5) is 5.82 Å². The minimum absolute atomic E-state index is 0.0440. The van der Waals surface area contributed by atoms with Crippen LogP contribution in [0.15, 0.2) is 54.6 Å². The van der Waals surface area contributed by atoms with Gasteiger partial charge in [0.25, 0.3) is 0 Å². The molecular weight excluding hydrogens is 384 g/mol. The van der Waals surface area contributed by atoms with Crippen LogP contribution in [0.2, 0.25) is 0 Å². The normalized spacial score (nSPS) is 24.9. The molecule has 0 radical (unpaired) electrons. The lowest BCUT2D eigenvalue weighted by Crippen LogP contribution is -2.26. The number of benzene rings is 2. The second kappa shape index (κ2) is 7.65. The summed E-state index contributed by atoms with van der Waals surface area (Å²) in [6.07, 6.45) is 5.38. The van der Waals surface area contributed by atoms with Crippen LogP contribution in [0.3, 0.4) is 0 Å². The van der Waals surface area contributed by atoms with Crippen molar-refractivity contribution in [3.8, 4) is 0 Å². The number of anilines is 1. The standard InChI is InChI=1S/C26H28N4O/c31-23-14-22(17-6-2-1-3-7-17)24-25(29-30-26(24)28-23)20-12-19(13-20)18-8-4-5-16(11-18)15-27-21-9-10-21/h1-8,11,19-22,27H,9-10,12-15H2,(H2,28,29,30,31). The zero-order valence-corrected chi connectivity index (χ0v) is 17.6. The molecule has 0 bridgehead atoms. The number of carbonyl (C=O) groups excluding carboxylic acids is 1. The molecule has 5 heteroatoms. The molecule has 3 N–H and O–H groups in total. The van der Waals surface area contributed by atoms with Crippen LogP contribution in [0.25, 0.3) is 0 Å². The molecule has 158 valence electrons. The van der Waals surface area contributed by atoms with Crippen molar-refractivity contribution in [3.63, 3.8) is 0 Å². The van der Waals surface area contributed by atoms with Gasteiger partial charge in [0, 0.05) is 42.1 Å². The van der Waals surface area contributed by atoms with Crippen molar-refractivity contribution in [1.29, 1.82) is 0 Å². The molecule has 2 aliphatic carbocycles. The average molecular weight is 413 g/mol. The first-order chi connectivity index (χ1) is 15.2. The van der Waals surface area contributed by atoms with Crippen molar-refractivity contribution in [3.05, 3.63) is 82.5 Å². The van der Waals surface area contributed by atoms with Gasteiger partial charge in [-0.15, -0.1) is 0 Å². The van der Waals surface area contributed by atoms with Crippen molar-refractivity contribution < 1.29 is 4.79 Å². The Kier molecular flexibility index (Phi) is 4.64. The van der Waals surface area contributed by atoms with Crippen LogP contribution in [0.1, 0.15) is 77.8 Å². The molecule has 3 aromatic rings. The minimum atomic E-state index is 0.0440. The van der Waals surface area contributed by atoms with E-state index < -0.39 is 0 Å². The monoisotopic (exact) mass is 412 g/mol. The molecule has 1 atom stereocenters. The molecule has 5 nitrogen and oxygen atoms in total. The van der Waals surface area contributed by atoms with E-state index in [0.29, 0.717) is 18.3 Å². The van der Waals surface area contributed by atoms with Gasteiger partial charge in [0.15, 0.2) is 5.82 Å². The third-order valence-corrected chi connectivity index (χ3v) is 7.17. The topological polar surface area (TPSA) is 69.8 Å². The highest BCUT2D eigenvalue weighted by Gasteiger charge is 2.39. The Morgan fingerprint density at radius 2 is 1.77 bits per heavy atom. The second-order valence-electron chi connectivity index (χ2n) is 9.38. The highest BCUT2D eigenvalue weighted by molar-refractivity contribution is 5.94. The Morgan fingerprint density at radius 3 is 2.58 bits per heavy atom. The summed E-state index contributed by atoms with van der Waals surface area (Å²) in [4.78, 5) is 12.3. The third kappa shape index (κ3) is 3.68. The quantitative estimate of drug-likeness (QED) is 0.545. The van der Waals surface area contributed by atoms with Gasteiger partial charge < -0.3 is 10.6 Å². The number of carbonyl (C=O) groups is 1. The highest BCUT2D eigenvalue weighted by Crippen LogP contribution is 2.51. The summed E-state index contributed by atoms with van der Waals surface area (Å²) in [6, 6.07) is 20.2. The third-order valence-electron chi connectivity index (χ3n) is 7.17. The van der Waals surface area contributed by atoms with E-state index in [-0.39, 0.29) is 11.8 Å². The molecule has 2 aromatic carbocycles. The van der Waals surface area contributed by atoms with Crippen molar-refractivity contribution in [2.45, 2.75) is 62.4 Å². The predicted molar refractivity (Wildman–Crippen MR) is 121 cm³/mol. The van der Waals surface area contributed by atoms with Crippen LogP contribution in [0.5, 0.6) is 0 Å². The number of amides is 1. The smallest absolute Gasteiger partial charge is 0.226 e. The number of nitrogens with zero attached hydrogens (tertiary/aromatic N) is 1. The molecule has 31 heavy (non-hydrogen) atoms. The number of hydrogen-bond acceptors (Lipinski definition) is 3. The lowest BCUT2D eigenvalue weighted by molar-refractivity contribution is -0.116. The molecular formula is C26H28N4O. The van der Waals surface area contributed by atoms with Crippen molar-refractivity contribution in [2.75, 3.05) is 5.32 Å². The molecule has 1 unspecified atom stereocenters. The van der Waals surface area contributed by atoms with Gasteiger partial charge in [0.05, 0.1) is 0 Å². The van der Waals surface area contributed by atoms with Crippen molar-refractivity contribution in [2.24, 2.45) is 0 Å². The highest BCUT2D eigenvalue weighted by atomic mass is 16.1. The summed E-state index contributed by atoms with van der Waals surface area (Å²) in [6.45, 7) is 0.973. The minimum Gasteiger partial charge on any atom is -0.310 e. The van der Waals surface area contributed by atoms with Gasteiger partial charge in [-0.05, 0) is 48.3 Å². The summed E-state index contributed by atoms with van der Waals surface area (Å²) >= 11 is 0. The first-order valence-electron chi connectivity index (χ1n) is 11.5. The molecule has 6 rings (SSSR count). The lowest BCUT2D eigenvalue weighted by Gasteiger charge is -2.37. The van der Waals surface area contributed by atoms with Gasteiger partial charge in [0.2, 0.25) is 5.91 Å². The fourth-order valence-electron chi connectivity index (χ4n) is 5.20. The van der Waals surface area contributed by atoms with Crippen LogP contribution >= 0.6 is 0 Å². The van der Waals surface area contributed by atoms with E-state index >= 15 is 0 Å². The lowest BCUT2D eigenvalue weighted by atomic mass is 9.68. The number of aromatic amines is 1. The number of rotatable bonds is 6. The zero-order chi connectivity index (χ0) is 20.8. The summed E-state index contributed by atoms with van der Waals surface area (Å²) < 4.78 is 0. The first kappa shape index (κ1) is 18.8. The number of H-pyrrole nitrogens is 1. The zero-order valence-electron chi connectivity index (χ0n) is 17.6. The van der Waals surface area contributed by atoms with E-state index in [1.54, 1.807) is 0 Å². The molecule has 2 heterocycles. The molecule has 0 spiro atoms. The van der Waals surface area contributed by atoms with E-state index in [0.717, 1.165) is 31.2 Å². The van der Waals surface area contributed by atoms with Gasteiger partial charge in [0.1, 0.15) is 0 Å². The maximum atomic E-state index is 12.3. The maximum Gasteiger partial charge on any atom is 0.226 e. The van der Waals surface area contributed by atoms with E-state index in [9.17, 15) is 4.79 Å². The average Bonchev–Trinajstić information content (AvgIpc) is 3.51. The largest absolute Gasteiger partial charge is 0.310 e. The maximum absolute atomic E-state index is 12.3. The number of nitrogens with one attached hydrogen (secondary N) is 3. The van der Waals surface area contributed by atoms with Crippen LogP contribution < -0.4 is 10.6 Å². The predicted octanol–water partition coefficient (Wildman–Crippen LogP) is 4.80. The molecule has 1 aliphatic heterocycles. The van der Waals surface area contributed by atoms with Gasteiger partial charge in [-0.3, -0.25) is 9.89 Å². The van der Waals surface area contributed by atoms with Gasteiger partial charge >= 0.3 is 0 Å². The van der Waals surface area contributed by atoms with Crippen LogP contribution in [-0.4, -0.2) is 22.1 Å². The SMILES string of the molecule is O=C1CC(c2ccccc2)c2c(n[nH]c2C2CC(c3cccc(CNC4CC4)c3)C2)N1. The molecule has 3 aliphatic rings. The van der Waals surface area contributed by atoms with E-state index in [1.165, 1.54) is 40.8 Å². The summed E-state index contributed by atoms with van der Waals surface area (Å²) in [5.41, 5.74) is 6.43. The Balaban J connectivity index is 1.20. The number of fused-ring (bicyclic) bond motifs is 1. The molecule has 1 amide bonds. The fraction of sp³-hybridized carbons (Fsp3) is 0.385. The molecule has 2 saturated carbocycles. The summed E-state index contributed by atoms with van der Waals surface area (Å²) in [5, 5.41) is 14.4. The summed E-state index contributed by atoms with van der Waals surface area (Å²) in [7, 11) is 0. The van der Waals surface area contributed by atoms with Crippen molar-refractivity contribution in [1.82, 2.24) is 15.5 Å². The van der Waals surface area contributed by atoms with Gasteiger partial charge in [-0.2, -0.15) is 5.10 Å². The van der Waals surface area contributed by atoms with Crippen molar-refractivity contribution >= 4 is 11.7 Å². The Bertz CT molecular complexity index is 1100. The van der Waals surface area contributed by atoms with Gasteiger partial charge in [-0.25, -0.2) is 0 Å². The second-order valence-corrected chi connectivity index (χ2v) is 9.38. The Labute approximate surface area is 182 Å². The van der Waals surface area contributed by atoms with Crippen LogP contribution in [-0.2, 0) is 11.3 Å². The summed E-state index contributed by atoms with van der Waals surface area (Å²) in [5.74, 6) is 1.91. The Hall–Kier alpha value is -2.92. The fourth-order valence-corrected chi connectivity index (χ4v) is 5.20. The van der Waals surface area contributed by atoms with Gasteiger partial charge in [-0.1, -0.05) is 54.6 Å². The Morgan fingerprint density at radius 1 is 0.968 bits per heavy atom. The molecule has 0 saturated heterocycles. The molecule has 2 fully saturated rings.